The van der Waals surface area contributed by atoms with Gasteiger partial charge in [0.2, 0.25) is 5.88 Å². The standard InChI is InChI=1S/C17H18N4O/c1-12(2)11-21-14-8-4-3-7-13(14)16(17(21)22)20-19-15-9-5-6-10-18-15/h3-10,12,22H,11H2,1-2H3. The molecule has 3 rings (SSSR count). The molecule has 0 amide bonds. The molecule has 112 valence electrons. The van der Waals surface area contributed by atoms with Gasteiger partial charge >= 0.3 is 0 Å². The number of fused-ring (bicyclic) bond motifs is 1. The number of rotatable bonds is 4. The summed E-state index contributed by atoms with van der Waals surface area (Å²) < 4.78 is 1.88. The lowest BCUT2D eigenvalue weighted by atomic mass is 10.2. The van der Waals surface area contributed by atoms with Gasteiger partial charge in [-0.3, -0.25) is 0 Å². The van der Waals surface area contributed by atoms with Gasteiger partial charge in [-0.2, -0.15) is 0 Å². The highest BCUT2D eigenvalue weighted by atomic mass is 16.3. The zero-order chi connectivity index (χ0) is 15.5. The first kappa shape index (κ1) is 14.3. The van der Waals surface area contributed by atoms with Crippen molar-refractivity contribution in [1.29, 1.82) is 0 Å². The lowest BCUT2D eigenvalue weighted by Gasteiger charge is -2.09. The smallest absolute Gasteiger partial charge is 0.220 e. The third-order valence-corrected chi connectivity index (χ3v) is 3.37. The van der Waals surface area contributed by atoms with E-state index < -0.39 is 0 Å². The molecule has 5 heteroatoms. The van der Waals surface area contributed by atoms with Crippen LogP contribution in [0.5, 0.6) is 5.88 Å². The number of aromatic hydroxyl groups is 1. The molecule has 0 aliphatic carbocycles. The normalized spacial score (nSPS) is 11.8. The van der Waals surface area contributed by atoms with Crippen LogP contribution >= 0.6 is 0 Å². The van der Waals surface area contributed by atoms with Crippen molar-refractivity contribution in [2.45, 2.75) is 20.4 Å². The van der Waals surface area contributed by atoms with Crippen molar-refractivity contribution in [1.82, 2.24) is 9.55 Å². The number of benzene rings is 1. The van der Waals surface area contributed by atoms with Crippen molar-refractivity contribution in [3.63, 3.8) is 0 Å². The molecule has 0 aliphatic heterocycles. The fraction of sp³-hybridized carbons (Fsp3) is 0.235. The van der Waals surface area contributed by atoms with Crippen LogP contribution in [0.4, 0.5) is 11.5 Å². The Bertz CT molecular complexity index is 806. The monoisotopic (exact) mass is 294 g/mol. The van der Waals surface area contributed by atoms with E-state index in [1.807, 2.05) is 41.0 Å². The third kappa shape index (κ3) is 2.70. The van der Waals surface area contributed by atoms with E-state index in [9.17, 15) is 5.11 Å². The summed E-state index contributed by atoms with van der Waals surface area (Å²) in [5.74, 6) is 1.08. The van der Waals surface area contributed by atoms with Crippen molar-refractivity contribution in [3.8, 4) is 5.88 Å². The number of pyridine rings is 1. The number of aromatic nitrogens is 2. The summed E-state index contributed by atoms with van der Waals surface area (Å²) >= 11 is 0. The average Bonchev–Trinajstić information content (AvgIpc) is 2.78. The summed E-state index contributed by atoms with van der Waals surface area (Å²) in [4.78, 5) is 4.11. The zero-order valence-corrected chi connectivity index (χ0v) is 12.6. The summed E-state index contributed by atoms with van der Waals surface area (Å²) in [6.45, 7) is 4.96. The second-order valence-electron chi connectivity index (χ2n) is 5.58. The van der Waals surface area contributed by atoms with Gasteiger partial charge in [-0.25, -0.2) is 4.98 Å². The fourth-order valence-corrected chi connectivity index (χ4v) is 2.43. The second-order valence-corrected chi connectivity index (χ2v) is 5.58. The summed E-state index contributed by atoms with van der Waals surface area (Å²) in [6, 6.07) is 13.3. The molecule has 0 spiro atoms. The first-order valence-electron chi connectivity index (χ1n) is 7.30. The Labute approximate surface area is 129 Å². The molecule has 1 N–H and O–H groups in total. The second kappa shape index (κ2) is 5.97. The number of hydrogen-bond donors (Lipinski definition) is 1. The Morgan fingerprint density at radius 2 is 1.86 bits per heavy atom. The van der Waals surface area contributed by atoms with E-state index in [2.05, 4.69) is 29.1 Å². The van der Waals surface area contributed by atoms with Crippen LogP contribution in [-0.2, 0) is 6.54 Å². The molecular formula is C17H18N4O. The quantitative estimate of drug-likeness (QED) is 0.701. The third-order valence-electron chi connectivity index (χ3n) is 3.37. The van der Waals surface area contributed by atoms with Crippen LogP contribution in [-0.4, -0.2) is 14.7 Å². The van der Waals surface area contributed by atoms with Crippen LogP contribution in [0.2, 0.25) is 0 Å². The molecule has 0 bridgehead atoms. The van der Waals surface area contributed by atoms with E-state index >= 15 is 0 Å². The zero-order valence-electron chi connectivity index (χ0n) is 12.6. The van der Waals surface area contributed by atoms with Gasteiger partial charge in [-0.1, -0.05) is 38.1 Å². The molecule has 1 aromatic carbocycles. The number of hydrogen-bond acceptors (Lipinski definition) is 4. The Kier molecular flexibility index (Phi) is 3.87. The van der Waals surface area contributed by atoms with Crippen molar-refractivity contribution in [2.24, 2.45) is 16.1 Å². The van der Waals surface area contributed by atoms with Gasteiger partial charge in [0, 0.05) is 18.1 Å². The maximum atomic E-state index is 10.5. The molecule has 22 heavy (non-hydrogen) atoms. The minimum atomic E-state index is 0.148. The molecule has 0 radical (unpaired) electrons. The van der Waals surface area contributed by atoms with Crippen molar-refractivity contribution in [3.05, 3.63) is 48.7 Å². The fourth-order valence-electron chi connectivity index (χ4n) is 2.43. The van der Waals surface area contributed by atoms with E-state index in [1.54, 1.807) is 12.3 Å². The highest BCUT2D eigenvalue weighted by molar-refractivity contribution is 5.94. The number of nitrogens with zero attached hydrogens (tertiary/aromatic N) is 4. The van der Waals surface area contributed by atoms with Crippen LogP contribution in [0.25, 0.3) is 10.9 Å². The summed E-state index contributed by atoms with van der Waals surface area (Å²) in [5, 5.41) is 19.8. The van der Waals surface area contributed by atoms with Crippen molar-refractivity contribution >= 4 is 22.4 Å². The molecule has 5 nitrogen and oxygen atoms in total. The van der Waals surface area contributed by atoms with E-state index in [0.29, 0.717) is 17.4 Å². The maximum Gasteiger partial charge on any atom is 0.220 e. The maximum absolute atomic E-state index is 10.5. The lowest BCUT2D eigenvalue weighted by Crippen LogP contribution is -2.03. The Balaban J connectivity index is 2.09. The Morgan fingerprint density at radius 1 is 1.09 bits per heavy atom. The summed E-state index contributed by atoms with van der Waals surface area (Å²) in [6.07, 6.45) is 1.66. The molecule has 0 saturated carbocycles. The molecule has 0 aliphatic rings. The molecule has 0 atom stereocenters. The van der Waals surface area contributed by atoms with Gasteiger partial charge in [0.15, 0.2) is 11.5 Å². The van der Waals surface area contributed by atoms with Gasteiger partial charge in [0.1, 0.15) is 0 Å². The Hall–Kier alpha value is -2.69. The van der Waals surface area contributed by atoms with Crippen LogP contribution in [0.3, 0.4) is 0 Å². The van der Waals surface area contributed by atoms with Crippen molar-refractivity contribution in [2.75, 3.05) is 0 Å². The molecule has 0 unspecified atom stereocenters. The minimum Gasteiger partial charge on any atom is -0.493 e. The Morgan fingerprint density at radius 3 is 2.59 bits per heavy atom. The summed E-state index contributed by atoms with van der Waals surface area (Å²) in [7, 11) is 0. The number of azo groups is 1. The molecule has 0 fully saturated rings. The number of para-hydroxylation sites is 1. The lowest BCUT2D eigenvalue weighted by molar-refractivity contribution is 0.401. The molecular weight excluding hydrogens is 276 g/mol. The van der Waals surface area contributed by atoms with Crippen LogP contribution in [0.1, 0.15) is 13.8 Å². The molecule has 2 heterocycles. The van der Waals surface area contributed by atoms with Gasteiger partial charge in [0.05, 0.1) is 5.52 Å². The van der Waals surface area contributed by atoms with Gasteiger partial charge in [0.25, 0.3) is 0 Å². The predicted octanol–water partition coefficient (Wildman–Crippen LogP) is 4.81. The average molecular weight is 294 g/mol. The van der Waals surface area contributed by atoms with Crippen molar-refractivity contribution < 1.29 is 5.11 Å². The van der Waals surface area contributed by atoms with Gasteiger partial charge in [-0.15, -0.1) is 10.2 Å². The van der Waals surface area contributed by atoms with Gasteiger partial charge in [-0.05, 0) is 24.1 Å². The largest absolute Gasteiger partial charge is 0.493 e. The van der Waals surface area contributed by atoms with E-state index in [1.165, 1.54) is 0 Å². The molecule has 2 aromatic heterocycles. The van der Waals surface area contributed by atoms with Crippen LogP contribution in [0, 0.1) is 5.92 Å². The topological polar surface area (TPSA) is 62.8 Å². The van der Waals surface area contributed by atoms with Gasteiger partial charge < -0.3 is 9.67 Å². The van der Waals surface area contributed by atoms with E-state index in [0.717, 1.165) is 17.4 Å². The highest BCUT2D eigenvalue weighted by Crippen LogP contribution is 2.39. The molecule has 0 saturated heterocycles. The summed E-state index contributed by atoms with van der Waals surface area (Å²) in [5.41, 5.74) is 1.45. The van der Waals surface area contributed by atoms with Crippen LogP contribution in [0.15, 0.2) is 58.9 Å². The highest BCUT2D eigenvalue weighted by Gasteiger charge is 2.16. The SMILES string of the molecule is CC(C)Cn1c(O)c(N=Nc2ccccn2)c2ccccc21. The van der Waals surface area contributed by atoms with Crippen LogP contribution < -0.4 is 0 Å². The first-order chi connectivity index (χ1) is 10.7. The van der Waals surface area contributed by atoms with E-state index in [-0.39, 0.29) is 5.88 Å². The van der Waals surface area contributed by atoms with E-state index in [4.69, 9.17) is 0 Å². The first-order valence-corrected chi connectivity index (χ1v) is 7.30. The predicted molar refractivity (Wildman–Crippen MR) is 86.9 cm³/mol. The minimum absolute atomic E-state index is 0.148. The molecule has 3 aromatic rings.